The summed E-state index contributed by atoms with van der Waals surface area (Å²) in [6, 6.07) is 7.59. The third-order valence-corrected chi connectivity index (χ3v) is 2.81. The van der Waals surface area contributed by atoms with Crippen LogP contribution in [0.3, 0.4) is 0 Å². The molecule has 2 rings (SSSR count). The molecule has 0 amide bonds. The van der Waals surface area contributed by atoms with Crippen molar-refractivity contribution < 1.29 is 4.74 Å². The monoisotopic (exact) mass is 307 g/mol. The van der Waals surface area contributed by atoms with E-state index in [0.717, 1.165) is 22.3 Å². The second-order valence-corrected chi connectivity index (χ2v) is 4.68. The molecule has 0 aliphatic heterocycles. The maximum absolute atomic E-state index is 5.74. The lowest BCUT2D eigenvalue weighted by Gasteiger charge is -2.09. The molecule has 5 heteroatoms. The Morgan fingerprint density at radius 2 is 2.17 bits per heavy atom. The quantitative estimate of drug-likeness (QED) is 0.934. The molecule has 1 aromatic heterocycles. The van der Waals surface area contributed by atoms with Crippen LogP contribution in [0.25, 0.3) is 0 Å². The number of rotatable bonds is 4. The van der Waals surface area contributed by atoms with Gasteiger partial charge in [-0.1, -0.05) is 15.9 Å². The standard InChI is InChI=1S/C13H14BrN3O/c1-3-15-13-16-7-6-12(17-13)18-11-5-4-10(14)8-9(11)2/h4-8H,3H2,1-2H3,(H,15,16,17). The van der Waals surface area contributed by atoms with Crippen LogP contribution < -0.4 is 10.1 Å². The second kappa shape index (κ2) is 5.82. The van der Waals surface area contributed by atoms with Crippen LogP contribution >= 0.6 is 15.9 Å². The highest BCUT2D eigenvalue weighted by molar-refractivity contribution is 9.10. The summed E-state index contributed by atoms with van der Waals surface area (Å²) < 4.78 is 6.77. The van der Waals surface area contributed by atoms with E-state index in [1.807, 2.05) is 32.0 Å². The summed E-state index contributed by atoms with van der Waals surface area (Å²) in [4.78, 5) is 8.36. The van der Waals surface area contributed by atoms with Gasteiger partial charge in [0.05, 0.1) is 0 Å². The van der Waals surface area contributed by atoms with E-state index in [1.54, 1.807) is 12.3 Å². The van der Waals surface area contributed by atoms with E-state index < -0.39 is 0 Å². The summed E-state index contributed by atoms with van der Waals surface area (Å²) >= 11 is 3.42. The highest BCUT2D eigenvalue weighted by Gasteiger charge is 2.04. The molecule has 1 aromatic carbocycles. The van der Waals surface area contributed by atoms with Crippen molar-refractivity contribution in [3.63, 3.8) is 0 Å². The number of nitrogens with zero attached hydrogens (tertiary/aromatic N) is 2. The molecule has 4 nitrogen and oxygen atoms in total. The van der Waals surface area contributed by atoms with Crippen molar-refractivity contribution in [3.8, 4) is 11.6 Å². The molecule has 0 aliphatic carbocycles. The lowest BCUT2D eigenvalue weighted by Crippen LogP contribution is -2.02. The van der Waals surface area contributed by atoms with Gasteiger partial charge >= 0.3 is 0 Å². The highest BCUT2D eigenvalue weighted by Crippen LogP contribution is 2.26. The number of benzene rings is 1. The fourth-order valence-electron chi connectivity index (χ4n) is 1.48. The van der Waals surface area contributed by atoms with Gasteiger partial charge in [0.15, 0.2) is 0 Å². The van der Waals surface area contributed by atoms with Gasteiger partial charge in [-0.3, -0.25) is 0 Å². The van der Waals surface area contributed by atoms with E-state index in [9.17, 15) is 0 Å². The van der Waals surface area contributed by atoms with Gasteiger partial charge < -0.3 is 10.1 Å². The topological polar surface area (TPSA) is 47.0 Å². The minimum Gasteiger partial charge on any atom is -0.439 e. The van der Waals surface area contributed by atoms with E-state index in [4.69, 9.17) is 4.74 Å². The fraction of sp³-hybridized carbons (Fsp3) is 0.231. The number of ether oxygens (including phenoxy) is 1. The number of aryl methyl sites for hydroxylation is 1. The molecule has 0 fully saturated rings. The zero-order valence-electron chi connectivity index (χ0n) is 10.3. The fourth-order valence-corrected chi connectivity index (χ4v) is 1.96. The number of halogens is 1. The van der Waals surface area contributed by atoms with Crippen LogP contribution in [0.15, 0.2) is 34.9 Å². The number of nitrogens with one attached hydrogen (secondary N) is 1. The Kier molecular flexibility index (Phi) is 4.15. The van der Waals surface area contributed by atoms with Crippen molar-refractivity contribution in [2.24, 2.45) is 0 Å². The molecule has 0 saturated carbocycles. The summed E-state index contributed by atoms with van der Waals surface area (Å²) in [5, 5.41) is 3.05. The normalized spacial score (nSPS) is 10.2. The third kappa shape index (κ3) is 3.20. The molecule has 0 bridgehead atoms. The molecule has 18 heavy (non-hydrogen) atoms. The van der Waals surface area contributed by atoms with Gasteiger partial charge in [0.1, 0.15) is 5.75 Å². The second-order valence-electron chi connectivity index (χ2n) is 3.76. The van der Waals surface area contributed by atoms with Gasteiger partial charge in [0, 0.05) is 23.3 Å². The van der Waals surface area contributed by atoms with Crippen LogP contribution in [0.2, 0.25) is 0 Å². The van der Waals surface area contributed by atoms with Crippen molar-refractivity contribution in [1.29, 1.82) is 0 Å². The van der Waals surface area contributed by atoms with Gasteiger partial charge in [-0.05, 0) is 37.6 Å². The minimum absolute atomic E-state index is 0.534. The molecule has 1 N–H and O–H groups in total. The summed E-state index contributed by atoms with van der Waals surface area (Å²) in [6.45, 7) is 4.77. The van der Waals surface area contributed by atoms with Crippen molar-refractivity contribution in [2.45, 2.75) is 13.8 Å². The first-order valence-electron chi connectivity index (χ1n) is 5.70. The van der Waals surface area contributed by atoms with Gasteiger partial charge in [0.2, 0.25) is 11.8 Å². The third-order valence-electron chi connectivity index (χ3n) is 2.32. The van der Waals surface area contributed by atoms with E-state index >= 15 is 0 Å². The van der Waals surface area contributed by atoms with E-state index in [1.165, 1.54) is 0 Å². The molecule has 0 atom stereocenters. The number of hydrogen-bond acceptors (Lipinski definition) is 4. The Hall–Kier alpha value is -1.62. The van der Waals surface area contributed by atoms with E-state index in [-0.39, 0.29) is 0 Å². The predicted molar refractivity (Wildman–Crippen MR) is 75.1 cm³/mol. The smallest absolute Gasteiger partial charge is 0.225 e. The molecule has 0 saturated heterocycles. The Labute approximate surface area is 115 Å². The average Bonchev–Trinajstić information content (AvgIpc) is 2.34. The molecule has 0 spiro atoms. The van der Waals surface area contributed by atoms with E-state index in [2.05, 4.69) is 31.2 Å². The van der Waals surface area contributed by atoms with Crippen LogP contribution in [0.1, 0.15) is 12.5 Å². The Morgan fingerprint density at radius 1 is 1.33 bits per heavy atom. The zero-order valence-corrected chi connectivity index (χ0v) is 11.9. The van der Waals surface area contributed by atoms with Crippen LogP contribution in [0.5, 0.6) is 11.6 Å². The van der Waals surface area contributed by atoms with Gasteiger partial charge in [-0.25, -0.2) is 4.98 Å². The van der Waals surface area contributed by atoms with Gasteiger partial charge in [0.25, 0.3) is 0 Å². The van der Waals surface area contributed by atoms with Crippen molar-refractivity contribution in [2.75, 3.05) is 11.9 Å². The molecule has 1 heterocycles. The molecule has 0 radical (unpaired) electrons. The van der Waals surface area contributed by atoms with Gasteiger partial charge in [-0.2, -0.15) is 4.98 Å². The van der Waals surface area contributed by atoms with Crippen molar-refractivity contribution >= 4 is 21.9 Å². The van der Waals surface area contributed by atoms with Crippen LogP contribution in [-0.4, -0.2) is 16.5 Å². The van der Waals surface area contributed by atoms with Crippen LogP contribution in [0, 0.1) is 6.92 Å². The summed E-state index contributed by atoms with van der Waals surface area (Å²) in [7, 11) is 0. The van der Waals surface area contributed by atoms with E-state index in [0.29, 0.717) is 11.8 Å². The molecular formula is C13H14BrN3O. The number of aromatic nitrogens is 2. The molecule has 0 unspecified atom stereocenters. The summed E-state index contributed by atoms with van der Waals surface area (Å²) in [5.41, 5.74) is 1.05. The lowest BCUT2D eigenvalue weighted by atomic mass is 10.2. The predicted octanol–water partition coefficient (Wildman–Crippen LogP) is 3.77. The van der Waals surface area contributed by atoms with Crippen molar-refractivity contribution in [3.05, 3.63) is 40.5 Å². The molecule has 0 aliphatic rings. The lowest BCUT2D eigenvalue weighted by molar-refractivity contribution is 0.459. The Bertz CT molecular complexity index is 546. The summed E-state index contributed by atoms with van der Waals surface area (Å²) in [5.74, 6) is 1.90. The average molecular weight is 308 g/mol. The maximum atomic E-state index is 5.74. The SMILES string of the molecule is CCNc1nccc(Oc2ccc(Br)cc2C)n1. The molecule has 2 aromatic rings. The largest absolute Gasteiger partial charge is 0.439 e. The molecule has 94 valence electrons. The first kappa shape index (κ1) is 12.8. The van der Waals surface area contributed by atoms with Crippen LogP contribution in [0.4, 0.5) is 5.95 Å². The maximum Gasteiger partial charge on any atom is 0.225 e. The number of hydrogen-bond donors (Lipinski definition) is 1. The Balaban J connectivity index is 2.20. The van der Waals surface area contributed by atoms with Crippen LogP contribution in [-0.2, 0) is 0 Å². The Morgan fingerprint density at radius 3 is 2.89 bits per heavy atom. The van der Waals surface area contributed by atoms with Crippen molar-refractivity contribution in [1.82, 2.24) is 9.97 Å². The minimum atomic E-state index is 0.534. The zero-order chi connectivity index (χ0) is 13.0. The first-order chi connectivity index (χ1) is 8.69. The van der Waals surface area contributed by atoms with Gasteiger partial charge in [-0.15, -0.1) is 0 Å². The highest BCUT2D eigenvalue weighted by atomic mass is 79.9. The number of anilines is 1. The summed E-state index contributed by atoms with van der Waals surface area (Å²) in [6.07, 6.45) is 1.68. The first-order valence-corrected chi connectivity index (χ1v) is 6.49. The molecular weight excluding hydrogens is 294 g/mol.